The molecule has 200 valence electrons. The molecule has 1 aromatic heterocycles. The van der Waals surface area contributed by atoms with Gasteiger partial charge in [0.2, 0.25) is 0 Å². The molecular formula is C24H24F6N4O3. The first kappa shape index (κ1) is 27.8. The van der Waals surface area contributed by atoms with Crippen molar-refractivity contribution in [2.45, 2.75) is 37.5 Å². The number of hydrogen-bond acceptors (Lipinski definition) is 5. The third kappa shape index (κ3) is 5.66. The number of alkyl halides is 3. The van der Waals surface area contributed by atoms with Crippen molar-refractivity contribution in [3.05, 3.63) is 71.2 Å². The van der Waals surface area contributed by atoms with Gasteiger partial charge in [-0.1, -0.05) is 13.8 Å². The van der Waals surface area contributed by atoms with Gasteiger partial charge in [-0.15, -0.1) is 0 Å². The Bertz CT molecular complexity index is 1310. The van der Waals surface area contributed by atoms with Crippen LogP contribution in [0.5, 0.6) is 5.75 Å². The highest BCUT2D eigenvalue weighted by Crippen LogP contribution is 2.43. The molecule has 0 radical (unpaired) electrons. The van der Waals surface area contributed by atoms with Gasteiger partial charge in [0.25, 0.3) is 5.91 Å². The Hall–Kier alpha value is -3.74. The summed E-state index contributed by atoms with van der Waals surface area (Å²) < 4.78 is 89.1. The number of nitrogen functional groups attached to an aromatic ring is 1. The number of nitrogens with one attached hydrogen (secondary N) is 1. The van der Waals surface area contributed by atoms with Gasteiger partial charge in [-0.3, -0.25) is 4.79 Å². The van der Waals surface area contributed by atoms with Crippen LogP contribution in [0.25, 0.3) is 5.69 Å². The molecule has 0 spiro atoms. The van der Waals surface area contributed by atoms with Gasteiger partial charge in [0.15, 0.2) is 11.4 Å². The zero-order valence-corrected chi connectivity index (χ0v) is 20.0. The number of benzene rings is 2. The number of amides is 1. The van der Waals surface area contributed by atoms with Crippen molar-refractivity contribution in [2.24, 2.45) is 0 Å². The van der Waals surface area contributed by atoms with Crippen molar-refractivity contribution in [1.29, 1.82) is 0 Å². The number of methoxy groups -OCH3 is 1. The van der Waals surface area contributed by atoms with Gasteiger partial charge in [-0.05, 0) is 42.2 Å². The van der Waals surface area contributed by atoms with Gasteiger partial charge in [0.1, 0.15) is 34.5 Å². The van der Waals surface area contributed by atoms with E-state index in [9.17, 15) is 36.2 Å². The first-order valence-corrected chi connectivity index (χ1v) is 10.8. The Morgan fingerprint density at radius 2 is 1.73 bits per heavy atom. The molecule has 0 saturated carbocycles. The number of carbonyl (C=O) groups is 1. The number of nitrogens with zero attached hydrogens (tertiary/aromatic N) is 2. The number of aliphatic hydroxyl groups is 1. The summed E-state index contributed by atoms with van der Waals surface area (Å²) in [5, 5.41) is 16.4. The first-order valence-electron chi connectivity index (χ1n) is 10.8. The molecule has 0 unspecified atom stereocenters. The Labute approximate surface area is 207 Å². The molecule has 37 heavy (non-hydrogen) atoms. The van der Waals surface area contributed by atoms with Crippen LogP contribution >= 0.6 is 0 Å². The summed E-state index contributed by atoms with van der Waals surface area (Å²) in [6, 6.07) is 5.86. The van der Waals surface area contributed by atoms with E-state index in [0.29, 0.717) is 6.07 Å². The highest BCUT2D eigenvalue weighted by Gasteiger charge is 2.56. The summed E-state index contributed by atoms with van der Waals surface area (Å²) >= 11 is 0. The molecule has 0 aliphatic heterocycles. The minimum absolute atomic E-state index is 0.0795. The number of carbonyl (C=O) groups excluding carboxylic acids is 1. The van der Waals surface area contributed by atoms with Crippen molar-refractivity contribution in [2.75, 3.05) is 19.4 Å². The molecule has 1 heterocycles. The summed E-state index contributed by atoms with van der Waals surface area (Å²) in [4.78, 5) is 12.7. The Balaban J connectivity index is 1.86. The van der Waals surface area contributed by atoms with E-state index in [-0.39, 0.29) is 17.0 Å². The highest BCUT2D eigenvalue weighted by atomic mass is 19.4. The molecule has 0 fully saturated rings. The van der Waals surface area contributed by atoms with E-state index in [0.717, 1.165) is 35.1 Å². The summed E-state index contributed by atoms with van der Waals surface area (Å²) in [7, 11) is 1.27. The molecular weight excluding hydrogens is 506 g/mol. The van der Waals surface area contributed by atoms with Crippen LogP contribution in [0.15, 0.2) is 42.6 Å². The summed E-state index contributed by atoms with van der Waals surface area (Å²) in [6.07, 6.45) is -5.29. The number of anilines is 1. The van der Waals surface area contributed by atoms with Gasteiger partial charge in [0, 0.05) is 11.6 Å². The number of halogens is 6. The predicted molar refractivity (Wildman–Crippen MR) is 122 cm³/mol. The van der Waals surface area contributed by atoms with E-state index < -0.39 is 64.9 Å². The largest absolute Gasteiger partial charge is 0.496 e. The third-order valence-corrected chi connectivity index (χ3v) is 5.88. The third-order valence-electron chi connectivity index (χ3n) is 5.88. The van der Waals surface area contributed by atoms with Crippen LogP contribution in [0.3, 0.4) is 0 Å². The highest BCUT2D eigenvalue weighted by molar-refractivity contribution is 5.98. The van der Waals surface area contributed by atoms with E-state index in [1.807, 2.05) is 5.32 Å². The van der Waals surface area contributed by atoms with Crippen LogP contribution in [0, 0.1) is 17.5 Å². The fourth-order valence-electron chi connectivity index (χ4n) is 4.00. The fourth-order valence-corrected chi connectivity index (χ4v) is 4.00. The first-order chi connectivity index (χ1) is 17.1. The van der Waals surface area contributed by atoms with E-state index in [2.05, 4.69) is 5.10 Å². The van der Waals surface area contributed by atoms with Crippen LogP contribution in [-0.2, 0) is 5.41 Å². The number of ether oxygens (including phenoxy) is 1. The second-order valence-electron chi connectivity index (χ2n) is 9.07. The van der Waals surface area contributed by atoms with Gasteiger partial charge in [0.05, 0.1) is 19.9 Å². The van der Waals surface area contributed by atoms with Crippen molar-refractivity contribution < 1.29 is 41.0 Å². The molecule has 3 rings (SSSR count). The topological polar surface area (TPSA) is 102 Å². The Morgan fingerprint density at radius 1 is 1.11 bits per heavy atom. The van der Waals surface area contributed by atoms with Crippen LogP contribution in [0.2, 0.25) is 0 Å². The van der Waals surface area contributed by atoms with Crippen LogP contribution < -0.4 is 15.8 Å². The van der Waals surface area contributed by atoms with E-state index in [1.165, 1.54) is 27.0 Å². The minimum atomic E-state index is -5.20. The lowest BCUT2D eigenvalue weighted by Gasteiger charge is -2.38. The quantitative estimate of drug-likeness (QED) is 0.378. The maximum atomic E-state index is 14.1. The molecule has 0 aliphatic rings. The molecule has 0 bridgehead atoms. The van der Waals surface area contributed by atoms with E-state index in [1.54, 1.807) is 0 Å². The maximum absolute atomic E-state index is 14.1. The predicted octanol–water partition coefficient (Wildman–Crippen LogP) is 4.27. The van der Waals surface area contributed by atoms with Crippen LogP contribution in [-0.4, -0.2) is 46.2 Å². The molecule has 7 nitrogen and oxygen atoms in total. The molecule has 2 aromatic carbocycles. The molecule has 1 atom stereocenters. The van der Waals surface area contributed by atoms with Crippen molar-refractivity contribution in [3.8, 4) is 11.4 Å². The minimum Gasteiger partial charge on any atom is -0.496 e. The van der Waals surface area contributed by atoms with E-state index in [4.69, 9.17) is 10.5 Å². The molecule has 0 aliphatic carbocycles. The average Bonchev–Trinajstić information content (AvgIpc) is 3.17. The normalized spacial score (nSPS) is 13.8. The van der Waals surface area contributed by atoms with Crippen LogP contribution in [0.4, 0.5) is 32.2 Å². The summed E-state index contributed by atoms with van der Waals surface area (Å²) in [6.45, 7) is 1.44. The summed E-state index contributed by atoms with van der Waals surface area (Å²) in [5.41, 5.74) is 0.305. The van der Waals surface area contributed by atoms with Gasteiger partial charge >= 0.3 is 6.18 Å². The lowest BCUT2D eigenvalue weighted by Crippen LogP contribution is -2.56. The molecule has 13 heteroatoms. The fraction of sp³-hybridized carbons (Fsp3) is 0.333. The zero-order chi connectivity index (χ0) is 27.8. The summed E-state index contributed by atoms with van der Waals surface area (Å²) in [5.74, 6) is -4.05. The monoisotopic (exact) mass is 530 g/mol. The maximum Gasteiger partial charge on any atom is 0.418 e. The number of rotatable bonds is 8. The van der Waals surface area contributed by atoms with Gasteiger partial charge in [-0.25, -0.2) is 17.9 Å². The number of aromatic nitrogens is 2. The molecule has 4 N–H and O–H groups in total. The second-order valence-corrected chi connectivity index (χ2v) is 9.07. The molecule has 0 saturated heterocycles. The van der Waals surface area contributed by atoms with E-state index >= 15 is 0 Å². The Morgan fingerprint density at radius 3 is 2.32 bits per heavy atom. The van der Waals surface area contributed by atoms with Gasteiger partial charge < -0.3 is 20.9 Å². The standard InChI is InChI=1S/C24H24F6N4O3/c1-22(2,16-8-13(25)5-7-19(16)37-3)11-23(36,24(28,29)30)12-32-21(35)15-10-33-34(20(15)31)18-6-4-14(26)9-17(18)27/h4-10,36H,11-12,31H2,1-3H3,(H,32,35)/t23-/m0/s1. The number of nitrogens with two attached hydrogens (primary N) is 1. The lowest BCUT2D eigenvalue weighted by atomic mass is 9.74. The average molecular weight is 530 g/mol. The zero-order valence-electron chi connectivity index (χ0n) is 20.0. The van der Waals surface area contributed by atoms with Crippen molar-refractivity contribution in [3.63, 3.8) is 0 Å². The SMILES string of the molecule is COc1ccc(F)cc1C(C)(C)C[C@](O)(CNC(=O)c1cnn(-c2ccc(F)cc2F)c1N)C(F)(F)F. The molecule has 1 amide bonds. The van der Waals surface area contributed by atoms with Crippen molar-refractivity contribution >= 4 is 11.7 Å². The van der Waals surface area contributed by atoms with Crippen LogP contribution in [0.1, 0.15) is 36.2 Å². The molecule has 3 aromatic rings. The smallest absolute Gasteiger partial charge is 0.418 e. The number of hydrogen-bond donors (Lipinski definition) is 3. The van der Waals surface area contributed by atoms with Crippen molar-refractivity contribution in [1.82, 2.24) is 15.1 Å². The Kier molecular flexibility index (Phi) is 7.49. The van der Waals surface area contributed by atoms with Gasteiger partial charge in [-0.2, -0.15) is 18.3 Å². The lowest BCUT2D eigenvalue weighted by molar-refractivity contribution is -0.263. The second kappa shape index (κ2) is 9.96.